The Bertz CT molecular complexity index is 881. The zero-order chi connectivity index (χ0) is 20.6. The highest BCUT2D eigenvalue weighted by Crippen LogP contribution is 2.38. The highest BCUT2D eigenvalue weighted by atomic mass is 16.7. The summed E-state index contributed by atoms with van der Waals surface area (Å²) in [5.41, 5.74) is 0.392. The molecule has 0 spiro atoms. The van der Waals surface area contributed by atoms with Crippen LogP contribution in [0.1, 0.15) is 32.8 Å². The van der Waals surface area contributed by atoms with Crippen molar-refractivity contribution in [3.05, 3.63) is 78.9 Å². The summed E-state index contributed by atoms with van der Waals surface area (Å²) in [6.07, 6.45) is 5.98. The SMILES string of the molecule is C=C/C=C/CC(C)(OC(=O)C(=C)C)c1ccc(OCOCC)c2ccccc12. The molecule has 0 heterocycles. The van der Waals surface area contributed by atoms with E-state index in [1.54, 1.807) is 13.0 Å². The Morgan fingerprint density at radius 3 is 2.54 bits per heavy atom. The lowest BCUT2D eigenvalue weighted by Gasteiger charge is -2.31. The summed E-state index contributed by atoms with van der Waals surface area (Å²) < 4.78 is 17.0. The molecular formula is C24H28O4. The number of allylic oxidation sites excluding steroid dienone is 2. The fourth-order valence-electron chi connectivity index (χ4n) is 2.93. The number of hydrogen-bond acceptors (Lipinski definition) is 4. The number of carbonyl (C=O) groups excluding carboxylic acids is 1. The molecule has 1 atom stereocenters. The van der Waals surface area contributed by atoms with Crippen molar-refractivity contribution in [2.45, 2.75) is 32.8 Å². The van der Waals surface area contributed by atoms with Crippen molar-refractivity contribution in [3.8, 4) is 5.75 Å². The molecule has 28 heavy (non-hydrogen) atoms. The number of fused-ring (bicyclic) bond motifs is 1. The molecule has 0 radical (unpaired) electrons. The van der Waals surface area contributed by atoms with Crippen molar-refractivity contribution >= 4 is 16.7 Å². The average molecular weight is 380 g/mol. The molecule has 0 aliphatic rings. The van der Waals surface area contributed by atoms with E-state index in [0.29, 0.717) is 18.6 Å². The number of ether oxygens (including phenoxy) is 3. The molecule has 0 bridgehead atoms. The van der Waals surface area contributed by atoms with Crippen molar-refractivity contribution in [1.29, 1.82) is 0 Å². The second kappa shape index (κ2) is 9.90. The largest absolute Gasteiger partial charge is 0.467 e. The number of esters is 1. The van der Waals surface area contributed by atoms with Gasteiger partial charge in [-0.15, -0.1) is 0 Å². The summed E-state index contributed by atoms with van der Waals surface area (Å²) in [6.45, 7) is 13.6. The molecule has 0 aliphatic carbocycles. The first-order valence-electron chi connectivity index (χ1n) is 9.32. The van der Waals surface area contributed by atoms with E-state index in [4.69, 9.17) is 14.2 Å². The van der Waals surface area contributed by atoms with Gasteiger partial charge in [0.15, 0.2) is 6.79 Å². The van der Waals surface area contributed by atoms with Gasteiger partial charge in [0.05, 0.1) is 0 Å². The van der Waals surface area contributed by atoms with E-state index < -0.39 is 11.6 Å². The molecule has 0 aliphatic heterocycles. The normalized spacial score (nSPS) is 13.2. The van der Waals surface area contributed by atoms with Crippen LogP contribution in [0.25, 0.3) is 10.8 Å². The van der Waals surface area contributed by atoms with E-state index >= 15 is 0 Å². The summed E-state index contributed by atoms with van der Waals surface area (Å²) in [6, 6.07) is 11.7. The Morgan fingerprint density at radius 2 is 1.89 bits per heavy atom. The third-order valence-electron chi connectivity index (χ3n) is 4.40. The summed E-state index contributed by atoms with van der Waals surface area (Å²) in [4.78, 5) is 12.3. The van der Waals surface area contributed by atoms with Gasteiger partial charge in [0, 0.05) is 29.6 Å². The van der Waals surface area contributed by atoms with Gasteiger partial charge in [0.1, 0.15) is 11.4 Å². The first-order valence-corrected chi connectivity index (χ1v) is 9.32. The second-order valence-electron chi connectivity index (χ2n) is 6.68. The van der Waals surface area contributed by atoms with Crippen molar-refractivity contribution < 1.29 is 19.0 Å². The van der Waals surface area contributed by atoms with Crippen LogP contribution in [0.5, 0.6) is 5.75 Å². The molecule has 0 saturated heterocycles. The highest BCUT2D eigenvalue weighted by molar-refractivity contribution is 5.92. The standard InChI is InChI=1S/C24H28O4/c1-6-8-11-16-24(5,28-23(25)18(3)4)21-14-15-22(27-17-26-7-2)20-13-10-9-12-19(20)21/h6,8-15H,1,3,7,16-17H2,2,4-5H3/b11-8+. The second-order valence-corrected chi connectivity index (χ2v) is 6.68. The minimum Gasteiger partial charge on any atom is -0.467 e. The number of carbonyl (C=O) groups is 1. The Kier molecular flexibility index (Phi) is 7.59. The molecule has 0 N–H and O–H groups in total. The summed E-state index contributed by atoms with van der Waals surface area (Å²) in [5.74, 6) is 0.304. The van der Waals surface area contributed by atoms with Crippen LogP contribution in [0.4, 0.5) is 0 Å². The predicted molar refractivity (Wildman–Crippen MR) is 113 cm³/mol. The van der Waals surface area contributed by atoms with Crippen LogP contribution < -0.4 is 4.74 Å². The smallest absolute Gasteiger partial charge is 0.333 e. The first kappa shape index (κ1) is 21.5. The molecule has 0 aromatic heterocycles. The fraction of sp³-hybridized carbons (Fsp3) is 0.292. The van der Waals surface area contributed by atoms with Gasteiger partial charge in [0.25, 0.3) is 0 Å². The Balaban J connectivity index is 2.54. The Morgan fingerprint density at radius 1 is 1.18 bits per heavy atom. The van der Waals surface area contributed by atoms with Crippen LogP contribution in [0.3, 0.4) is 0 Å². The zero-order valence-electron chi connectivity index (χ0n) is 16.9. The van der Waals surface area contributed by atoms with E-state index in [-0.39, 0.29) is 6.79 Å². The van der Waals surface area contributed by atoms with Gasteiger partial charge in [0.2, 0.25) is 0 Å². The van der Waals surface area contributed by atoms with Gasteiger partial charge in [-0.2, -0.15) is 0 Å². The van der Waals surface area contributed by atoms with Crippen LogP contribution in [0.15, 0.2) is 73.4 Å². The summed E-state index contributed by atoms with van der Waals surface area (Å²) in [5, 5.41) is 1.89. The fourth-order valence-corrected chi connectivity index (χ4v) is 2.93. The molecular weight excluding hydrogens is 352 g/mol. The van der Waals surface area contributed by atoms with Gasteiger partial charge < -0.3 is 14.2 Å². The molecule has 1 unspecified atom stereocenters. The molecule has 2 aromatic rings. The van der Waals surface area contributed by atoms with Gasteiger partial charge >= 0.3 is 5.97 Å². The monoisotopic (exact) mass is 380 g/mol. The topological polar surface area (TPSA) is 44.8 Å². The molecule has 0 amide bonds. The van der Waals surface area contributed by atoms with Crippen LogP contribution in [-0.2, 0) is 19.9 Å². The Labute approximate surface area is 167 Å². The molecule has 0 saturated carbocycles. The van der Waals surface area contributed by atoms with E-state index in [1.165, 1.54) is 0 Å². The number of hydrogen-bond donors (Lipinski definition) is 0. The highest BCUT2D eigenvalue weighted by Gasteiger charge is 2.32. The zero-order valence-corrected chi connectivity index (χ0v) is 16.9. The van der Waals surface area contributed by atoms with Crippen LogP contribution in [0, 0.1) is 0 Å². The van der Waals surface area contributed by atoms with Gasteiger partial charge in [-0.25, -0.2) is 4.79 Å². The lowest BCUT2D eigenvalue weighted by atomic mass is 9.87. The van der Waals surface area contributed by atoms with Gasteiger partial charge in [-0.1, -0.05) is 61.7 Å². The predicted octanol–water partition coefficient (Wildman–Crippen LogP) is 5.68. The lowest BCUT2D eigenvalue weighted by molar-refractivity contribution is -0.153. The minimum absolute atomic E-state index is 0.184. The van der Waals surface area contributed by atoms with E-state index in [2.05, 4.69) is 13.2 Å². The van der Waals surface area contributed by atoms with Gasteiger partial charge in [-0.05, 0) is 32.2 Å². The van der Waals surface area contributed by atoms with E-state index in [0.717, 1.165) is 22.1 Å². The molecule has 4 heteroatoms. The first-order chi connectivity index (χ1) is 13.4. The quantitative estimate of drug-likeness (QED) is 0.175. The molecule has 0 fully saturated rings. The maximum absolute atomic E-state index is 12.3. The maximum Gasteiger partial charge on any atom is 0.333 e. The average Bonchev–Trinajstić information content (AvgIpc) is 2.68. The third-order valence-corrected chi connectivity index (χ3v) is 4.40. The number of benzene rings is 2. The molecule has 148 valence electrons. The summed E-state index contributed by atoms with van der Waals surface area (Å²) >= 11 is 0. The van der Waals surface area contributed by atoms with E-state index in [1.807, 2.05) is 62.4 Å². The number of rotatable bonds is 10. The lowest BCUT2D eigenvalue weighted by Crippen LogP contribution is -2.29. The molecule has 2 aromatic carbocycles. The molecule has 4 nitrogen and oxygen atoms in total. The molecule has 2 rings (SSSR count). The van der Waals surface area contributed by atoms with Crippen molar-refractivity contribution in [3.63, 3.8) is 0 Å². The van der Waals surface area contributed by atoms with Crippen molar-refractivity contribution in [2.75, 3.05) is 13.4 Å². The Hall–Kier alpha value is -2.85. The van der Waals surface area contributed by atoms with E-state index in [9.17, 15) is 4.79 Å². The summed E-state index contributed by atoms with van der Waals surface area (Å²) in [7, 11) is 0. The maximum atomic E-state index is 12.3. The van der Waals surface area contributed by atoms with Crippen LogP contribution >= 0.6 is 0 Å². The van der Waals surface area contributed by atoms with Crippen molar-refractivity contribution in [1.82, 2.24) is 0 Å². The van der Waals surface area contributed by atoms with Gasteiger partial charge in [-0.3, -0.25) is 0 Å². The third kappa shape index (κ3) is 5.11. The van der Waals surface area contributed by atoms with Crippen molar-refractivity contribution in [2.24, 2.45) is 0 Å². The van der Waals surface area contributed by atoms with Crippen LogP contribution in [0.2, 0.25) is 0 Å². The van der Waals surface area contributed by atoms with Crippen LogP contribution in [-0.4, -0.2) is 19.4 Å². The minimum atomic E-state index is -0.867.